The van der Waals surface area contributed by atoms with Crippen LogP contribution in [-0.2, 0) is 4.79 Å². The molecular weight excluding hydrogens is 395 g/mol. The van der Waals surface area contributed by atoms with Crippen molar-refractivity contribution >= 4 is 52.7 Å². The number of piperidine rings is 1. The third-order valence-corrected chi connectivity index (χ3v) is 6.18. The van der Waals surface area contributed by atoms with E-state index in [0.717, 1.165) is 24.2 Å². The highest BCUT2D eigenvalue weighted by atomic mass is 35.5. The Morgan fingerprint density at radius 3 is 2.12 bits per heavy atom. The maximum Gasteiger partial charge on any atom is 0.262 e. The number of fused-ring (bicyclic) bond motifs is 1. The second kappa shape index (κ2) is 8.19. The van der Waals surface area contributed by atoms with E-state index in [-0.39, 0.29) is 27.1 Å². The predicted molar refractivity (Wildman–Crippen MR) is 104 cm³/mol. The SMILES string of the molecule is CSCC[C@H](C(=O)N1CCCCC1)N1C(=O)c2cc(Cl)c(Cl)cc2C1=O. The van der Waals surface area contributed by atoms with Crippen molar-refractivity contribution in [2.24, 2.45) is 0 Å². The first-order valence-corrected chi connectivity index (χ1v) is 10.8. The molecule has 8 heteroatoms. The fourth-order valence-corrected chi connectivity index (χ4v) is 4.24. The highest BCUT2D eigenvalue weighted by Gasteiger charge is 2.44. The normalized spacial score (nSPS) is 18.3. The van der Waals surface area contributed by atoms with Crippen molar-refractivity contribution in [2.75, 3.05) is 25.1 Å². The lowest BCUT2D eigenvalue weighted by Gasteiger charge is -2.33. The fraction of sp³-hybridized carbons (Fsp3) is 0.500. The van der Waals surface area contributed by atoms with Gasteiger partial charge in [0.1, 0.15) is 6.04 Å². The van der Waals surface area contributed by atoms with Gasteiger partial charge in [0.05, 0.1) is 21.2 Å². The van der Waals surface area contributed by atoms with E-state index < -0.39 is 17.9 Å². The molecule has 1 saturated heterocycles. The van der Waals surface area contributed by atoms with Crippen molar-refractivity contribution in [1.82, 2.24) is 9.80 Å². The van der Waals surface area contributed by atoms with Gasteiger partial charge in [0.25, 0.3) is 11.8 Å². The van der Waals surface area contributed by atoms with Gasteiger partial charge in [-0.25, -0.2) is 0 Å². The molecule has 1 fully saturated rings. The van der Waals surface area contributed by atoms with Crippen LogP contribution in [0.25, 0.3) is 0 Å². The maximum absolute atomic E-state index is 13.1. The van der Waals surface area contributed by atoms with Crippen LogP contribution >= 0.6 is 35.0 Å². The molecule has 2 heterocycles. The van der Waals surface area contributed by atoms with E-state index in [1.807, 2.05) is 6.26 Å². The van der Waals surface area contributed by atoms with Crippen LogP contribution in [0, 0.1) is 0 Å². The van der Waals surface area contributed by atoms with Gasteiger partial charge in [-0.2, -0.15) is 11.8 Å². The van der Waals surface area contributed by atoms with Gasteiger partial charge in [0.15, 0.2) is 0 Å². The summed E-state index contributed by atoms with van der Waals surface area (Å²) in [6.07, 6.45) is 5.37. The van der Waals surface area contributed by atoms with Crippen molar-refractivity contribution in [3.05, 3.63) is 33.3 Å². The van der Waals surface area contributed by atoms with Gasteiger partial charge in [0, 0.05) is 13.1 Å². The van der Waals surface area contributed by atoms with Gasteiger partial charge in [-0.3, -0.25) is 19.3 Å². The van der Waals surface area contributed by atoms with Gasteiger partial charge in [0.2, 0.25) is 5.91 Å². The van der Waals surface area contributed by atoms with Gasteiger partial charge < -0.3 is 4.90 Å². The first-order valence-electron chi connectivity index (χ1n) is 8.60. The number of hydrogen-bond donors (Lipinski definition) is 0. The summed E-state index contributed by atoms with van der Waals surface area (Å²) < 4.78 is 0. The fourth-order valence-electron chi connectivity index (χ4n) is 3.45. The summed E-state index contributed by atoms with van der Waals surface area (Å²) in [4.78, 5) is 41.7. The first-order chi connectivity index (χ1) is 12.5. The topological polar surface area (TPSA) is 57.7 Å². The summed E-state index contributed by atoms with van der Waals surface area (Å²) in [6.45, 7) is 1.35. The van der Waals surface area contributed by atoms with E-state index in [9.17, 15) is 14.4 Å². The molecule has 2 aliphatic rings. The van der Waals surface area contributed by atoms with Crippen molar-refractivity contribution in [2.45, 2.75) is 31.7 Å². The van der Waals surface area contributed by atoms with Crippen LogP contribution in [0.1, 0.15) is 46.4 Å². The van der Waals surface area contributed by atoms with E-state index in [0.29, 0.717) is 25.3 Å². The Bertz CT molecular complexity index is 709. The largest absolute Gasteiger partial charge is 0.341 e. The average molecular weight is 415 g/mol. The third kappa shape index (κ3) is 3.59. The Morgan fingerprint density at radius 1 is 1.08 bits per heavy atom. The number of imide groups is 1. The number of hydrogen-bond acceptors (Lipinski definition) is 4. The third-order valence-electron chi connectivity index (χ3n) is 4.82. The van der Waals surface area contributed by atoms with Crippen LogP contribution in [0.15, 0.2) is 12.1 Å². The van der Waals surface area contributed by atoms with E-state index in [1.165, 1.54) is 12.1 Å². The van der Waals surface area contributed by atoms with Crippen LogP contribution in [0.2, 0.25) is 10.0 Å². The van der Waals surface area contributed by atoms with E-state index >= 15 is 0 Å². The second-order valence-electron chi connectivity index (χ2n) is 6.48. The van der Waals surface area contributed by atoms with Crippen LogP contribution in [0.3, 0.4) is 0 Å². The van der Waals surface area contributed by atoms with Crippen LogP contribution in [0.4, 0.5) is 0 Å². The molecule has 0 spiro atoms. The van der Waals surface area contributed by atoms with Gasteiger partial charge in [-0.05, 0) is 49.8 Å². The molecule has 26 heavy (non-hydrogen) atoms. The van der Waals surface area contributed by atoms with Gasteiger partial charge in [-0.1, -0.05) is 23.2 Å². The van der Waals surface area contributed by atoms with E-state index in [1.54, 1.807) is 16.7 Å². The minimum Gasteiger partial charge on any atom is -0.341 e. The molecule has 1 atom stereocenters. The molecule has 0 aliphatic carbocycles. The number of amides is 3. The van der Waals surface area contributed by atoms with E-state index in [2.05, 4.69) is 0 Å². The Balaban J connectivity index is 1.92. The molecule has 0 unspecified atom stereocenters. The molecule has 3 rings (SSSR count). The number of thioether (sulfide) groups is 1. The molecule has 0 saturated carbocycles. The zero-order chi connectivity index (χ0) is 18.8. The molecule has 0 bridgehead atoms. The van der Waals surface area contributed by atoms with Crippen molar-refractivity contribution in [3.63, 3.8) is 0 Å². The number of halogens is 2. The lowest BCUT2D eigenvalue weighted by atomic mass is 10.1. The Morgan fingerprint density at radius 2 is 1.62 bits per heavy atom. The lowest BCUT2D eigenvalue weighted by Crippen LogP contribution is -2.52. The average Bonchev–Trinajstić information content (AvgIpc) is 2.87. The summed E-state index contributed by atoms with van der Waals surface area (Å²) in [5.41, 5.74) is 0.426. The van der Waals surface area contributed by atoms with Crippen molar-refractivity contribution in [1.29, 1.82) is 0 Å². The minimum atomic E-state index is -0.787. The predicted octanol–water partition coefficient (Wildman–Crippen LogP) is 3.72. The second-order valence-corrected chi connectivity index (χ2v) is 8.28. The summed E-state index contributed by atoms with van der Waals surface area (Å²) in [5, 5.41) is 0.438. The van der Waals surface area contributed by atoms with Crippen LogP contribution in [-0.4, -0.2) is 58.7 Å². The molecule has 1 aromatic rings. The maximum atomic E-state index is 13.1. The molecule has 0 aromatic heterocycles. The van der Waals surface area contributed by atoms with Gasteiger partial charge >= 0.3 is 0 Å². The number of benzene rings is 1. The first kappa shape index (κ1) is 19.5. The smallest absolute Gasteiger partial charge is 0.262 e. The zero-order valence-corrected chi connectivity index (χ0v) is 16.8. The summed E-state index contributed by atoms with van der Waals surface area (Å²) in [5.74, 6) is -0.412. The number of carbonyl (C=O) groups excluding carboxylic acids is 3. The quantitative estimate of drug-likeness (QED) is 0.688. The highest BCUT2D eigenvalue weighted by Crippen LogP contribution is 2.33. The highest BCUT2D eigenvalue weighted by molar-refractivity contribution is 7.98. The van der Waals surface area contributed by atoms with E-state index in [4.69, 9.17) is 23.2 Å². The zero-order valence-electron chi connectivity index (χ0n) is 14.5. The van der Waals surface area contributed by atoms with Gasteiger partial charge in [-0.15, -0.1) is 0 Å². The summed E-state index contributed by atoms with van der Waals surface area (Å²) in [7, 11) is 0. The van der Waals surface area contributed by atoms with Crippen LogP contribution in [0.5, 0.6) is 0 Å². The standard InChI is InChI=1S/C18H20Cl2N2O3S/c1-26-8-5-15(18(25)21-6-3-2-4-7-21)22-16(23)11-9-13(19)14(20)10-12(11)17(22)24/h9-10,15H,2-8H2,1H3/t15-/m1/s1. The molecule has 140 valence electrons. The summed E-state index contributed by atoms with van der Waals surface area (Å²) >= 11 is 13.6. The molecule has 3 amide bonds. The molecule has 0 radical (unpaired) electrons. The Labute approximate surface area is 167 Å². The van der Waals surface area contributed by atoms with Crippen molar-refractivity contribution < 1.29 is 14.4 Å². The number of nitrogens with zero attached hydrogens (tertiary/aromatic N) is 2. The Hall–Kier alpha value is -1.24. The lowest BCUT2D eigenvalue weighted by molar-refractivity contribution is -0.136. The molecule has 2 aliphatic heterocycles. The molecule has 1 aromatic carbocycles. The molecule has 5 nitrogen and oxygen atoms in total. The number of rotatable bonds is 5. The molecule has 0 N–H and O–H groups in total. The minimum absolute atomic E-state index is 0.148. The number of likely N-dealkylation sites (tertiary alicyclic amines) is 1. The summed E-state index contributed by atoms with van der Waals surface area (Å²) in [6, 6.07) is 2.04. The number of carbonyl (C=O) groups is 3. The molecular formula is C18H20Cl2N2O3S. The monoisotopic (exact) mass is 414 g/mol. The van der Waals surface area contributed by atoms with Crippen molar-refractivity contribution in [3.8, 4) is 0 Å². The Kier molecular flexibility index (Phi) is 6.15. The van der Waals surface area contributed by atoms with Crippen LogP contribution < -0.4 is 0 Å².